The third-order valence-electron chi connectivity index (χ3n) is 2.99. The molecule has 6 heteroatoms. The fourth-order valence-electron chi connectivity index (χ4n) is 1.61. The minimum absolute atomic E-state index is 0.472. The molecule has 0 radical (unpaired) electrons. The molecule has 1 aliphatic carbocycles. The highest BCUT2D eigenvalue weighted by atomic mass is 15.3. The van der Waals surface area contributed by atoms with E-state index in [9.17, 15) is 0 Å². The molecule has 0 aliphatic heterocycles. The van der Waals surface area contributed by atoms with E-state index in [1.165, 1.54) is 19.3 Å². The number of hydrogen-bond donors (Lipinski definition) is 2. The standard InChI is InChI=1S/C10H18N6/c1-16-7-14-15-9(16)6-13-10(11)12-5-8-3-2-4-8/h7-8H,2-6H2,1H3,(H3,11,12,13). The summed E-state index contributed by atoms with van der Waals surface area (Å²) >= 11 is 0. The molecule has 1 aromatic heterocycles. The molecule has 0 spiro atoms. The molecule has 6 nitrogen and oxygen atoms in total. The van der Waals surface area contributed by atoms with Gasteiger partial charge in [-0.15, -0.1) is 10.2 Å². The van der Waals surface area contributed by atoms with Crippen molar-refractivity contribution in [2.75, 3.05) is 6.54 Å². The molecule has 0 aromatic carbocycles. The van der Waals surface area contributed by atoms with Gasteiger partial charge in [-0.25, -0.2) is 4.99 Å². The van der Waals surface area contributed by atoms with Crippen molar-refractivity contribution in [3.63, 3.8) is 0 Å². The third kappa shape index (κ3) is 2.71. The van der Waals surface area contributed by atoms with Gasteiger partial charge in [0.1, 0.15) is 12.9 Å². The van der Waals surface area contributed by atoms with Gasteiger partial charge in [-0.3, -0.25) is 0 Å². The first-order chi connectivity index (χ1) is 7.75. The molecule has 88 valence electrons. The lowest BCUT2D eigenvalue weighted by atomic mass is 9.85. The first-order valence-corrected chi connectivity index (χ1v) is 5.62. The van der Waals surface area contributed by atoms with Crippen molar-refractivity contribution >= 4 is 5.96 Å². The summed E-state index contributed by atoms with van der Waals surface area (Å²) in [6, 6.07) is 0. The van der Waals surface area contributed by atoms with Crippen molar-refractivity contribution in [1.82, 2.24) is 20.1 Å². The highest BCUT2D eigenvalue weighted by Crippen LogP contribution is 2.24. The van der Waals surface area contributed by atoms with Crippen LogP contribution in [0.3, 0.4) is 0 Å². The molecule has 2 rings (SSSR count). The van der Waals surface area contributed by atoms with Crippen molar-refractivity contribution in [1.29, 1.82) is 0 Å². The molecule has 1 heterocycles. The number of aliphatic imine (C=N–C) groups is 1. The van der Waals surface area contributed by atoms with Crippen LogP contribution in [0.5, 0.6) is 0 Å². The van der Waals surface area contributed by atoms with E-state index in [1.54, 1.807) is 6.33 Å². The number of hydrogen-bond acceptors (Lipinski definition) is 3. The quantitative estimate of drug-likeness (QED) is 0.556. The minimum atomic E-state index is 0.472. The Morgan fingerprint density at radius 1 is 1.69 bits per heavy atom. The van der Waals surface area contributed by atoms with E-state index in [4.69, 9.17) is 5.73 Å². The molecule has 0 atom stereocenters. The van der Waals surface area contributed by atoms with Crippen LogP contribution in [-0.4, -0.2) is 27.3 Å². The molecule has 1 fully saturated rings. The zero-order valence-electron chi connectivity index (χ0n) is 9.56. The minimum Gasteiger partial charge on any atom is -0.370 e. The Kier molecular flexibility index (Phi) is 3.38. The molecule has 1 aliphatic rings. The van der Waals surface area contributed by atoms with Gasteiger partial charge in [-0.1, -0.05) is 6.42 Å². The second-order valence-corrected chi connectivity index (χ2v) is 4.24. The predicted octanol–water partition coefficient (Wildman–Crippen LogP) is 0.0195. The van der Waals surface area contributed by atoms with Crippen molar-refractivity contribution in [3.05, 3.63) is 12.2 Å². The molecule has 0 amide bonds. The van der Waals surface area contributed by atoms with Crippen molar-refractivity contribution in [2.24, 2.45) is 23.7 Å². The number of nitrogens with two attached hydrogens (primary N) is 1. The largest absolute Gasteiger partial charge is 0.370 e. The average molecular weight is 222 g/mol. The molecular formula is C10H18N6. The monoisotopic (exact) mass is 222 g/mol. The Labute approximate surface area is 95.0 Å². The van der Waals surface area contributed by atoms with Crippen LogP contribution < -0.4 is 11.1 Å². The summed E-state index contributed by atoms with van der Waals surface area (Å²) in [4.78, 5) is 4.22. The number of nitrogens with one attached hydrogen (secondary N) is 1. The third-order valence-corrected chi connectivity index (χ3v) is 2.99. The maximum atomic E-state index is 5.75. The van der Waals surface area contributed by atoms with Gasteiger partial charge in [0.15, 0.2) is 11.8 Å². The fraction of sp³-hybridized carbons (Fsp3) is 0.700. The Morgan fingerprint density at radius 2 is 2.50 bits per heavy atom. The Hall–Kier alpha value is -1.59. The Bertz CT molecular complexity index is 365. The molecule has 1 saturated carbocycles. The number of aryl methyl sites for hydroxylation is 1. The van der Waals surface area contributed by atoms with Gasteiger partial charge in [0, 0.05) is 13.6 Å². The van der Waals surface area contributed by atoms with Gasteiger partial charge in [-0.05, 0) is 18.8 Å². The number of guanidine groups is 1. The molecule has 0 unspecified atom stereocenters. The van der Waals surface area contributed by atoms with Gasteiger partial charge in [0.25, 0.3) is 0 Å². The van der Waals surface area contributed by atoms with Crippen LogP contribution in [0.15, 0.2) is 11.3 Å². The van der Waals surface area contributed by atoms with Crippen LogP contribution in [0.2, 0.25) is 0 Å². The zero-order valence-corrected chi connectivity index (χ0v) is 9.56. The summed E-state index contributed by atoms with van der Waals surface area (Å²) in [5, 5.41) is 10.8. The number of aromatic nitrogens is 3. The second kappa shape index (κ2) is 4.96. The highest BCUT2D eigenvalue weighted by molar-refractivity contribution is 5.77. The van der Waals surface area contributed by atoms with Crippen molar-refractivity contribution in [2.45, 2.75) is 25.8 Å². The molecular weight excluding hydrogens is 204 g/mol. The predicted molar refractivity (Wildman–Crippen MR) is 61.7 cm³/mol. The number of rotatable bonds is 4. The van der Waals surface area contributed by atoms with E-state index in [-0.39, 0.29) is 0 Å². The Balaban J connectivity index is 1.75. The van der Waals surface area contributed by atoms with E-state index in [2.05, 4.69) is 20.5 Å². The van der Waals surface area contributed by atoms with Crippen LogP contribution in [0.1, 0.15) is 25.1 Å². The van der Waals surface area contributed by atoms with E-state index in [1.807, 2.05) is 11.6 Å². The van der Waals surface area contributed by atoms with E-state index in [0.29, 0.717) is 12.5 Å². The van der Waals surface area contributed by atoms with Gasteiger partial charge in [0.05, 0.1) is 0 Å². The highest BCUT2D eigenvalue weighted by Gasteiger charge is 2.16. The van der Waals surface area contributed by atoms with Gasteiger partial charge < -0.3 is 15.6 Å². The average Bonchev–Trinajstić information content (AvgIpc) is 2.59. The van der Waals surface area contributed by atoms with E-state index in [0.717, 1.165) is 18.3 Å². The molecule has 0 saturated heterocycles. The topological polar surface area (TPSA) is 81.1 Å². The summed E-state index contributed by atoms with van der Waals surface area (Å²) in [5.41, 5.74) is 5.75. The van der Waals surface area contributed by atoms with Gasteiger partial charge in [0.2, 0.25) is 0 Å². The lowest BCUT2D eigenvalue weighted by molar-refractivity contribution is 0.315. The molecule has 16 heavy (non-hydrogen) atoms. The van der Waals surface area contributed by atoms with E-state index < -0.39 is 0 Å². The smallest absolute Gasteiger partial charge is 0.189 e. The molecule has 0 bridgehead atoms. The van der Waals surface area contributed by atoms with Crippen molar-refractivity contribution in [3.8, 4) is 0 Å². The van der Waals surface area contributed by atoms with Crippen molar-refractivity contribution < 1.29 is 0 Å². The Morgan fingerprint density at radius 3 is 3.06 bits per heavy atom. The maximum Gasteiger partial charge on any atom is 0.189 e. The summed E-state index contributed by atoms with van der Waals surface area (Å²) in [6.45, 7) is 1.41. The SMILES string of the molecule is Cn1cnnc1CN=C(N)NCC1CCC1. The summed E-state index contributed by atoms with van der Waals surface area (Å²) < 4.78 is 1.84. The molecule has 1 aromatic rings. The van der Waals surface area contributed by atoms with Crippen LogP contribution in [0, 0.1) is 5.92 Å². The van der Waals surface area contributed by atoms with Gasteiger partial charge >= 0.3 is 0 Å². The summed E-state index contributed by atoms with van der Waals surface area (Å²) in [7, 11) is 1.89. The maximum absolute atomic E-state index is 5.75. The van der Waals surface area contributed by atoms with Crippen LogP contribution in [0.25, 0.3) is 0 Å². The molecule has 3 N–H and O–H groups in total. The van der Waals surface area contributed by atoms with Gasteiger partial charge in [-0.2, -0.15) is 0 Å². The first-order valence-electron chi connectivity index (χ1n) is 5.62. The van der Waals surface area contributed by atoms with E-state index >= 15 is 0 Å². The summed E-state index contributed by atoms with van der Waals surface area (Å²) in [5.74, 6) is 2.09. The fourth-order valence-corrected chi connectivity index (χ4v) is 1.61. The van der Waals surface area contributed by atoms with Crippen LogP contribution >= 0.6 is 0 Å². The first kappa shape index (κ1) is 10.9. The lowest BCUT2D eigenvalue weighted by Crippen LogP contribution is -2.37. The van der Waals surface area contributed by atoms with Crippen LogP contribution in [-0.2, 0) is 13.6 Å². The number of nitrogens with zero attached hydrogens (tertiary/aromatic N) is 4. The van der Waals surface area contributed by atoms with Crippen LogP contribution in [0.4, 0.5) is 0 Å². The zero-order chi connectivity index (χ0) is 11.4. The second-order valence-electron chi connectivity index (χ2n) is 4.24. The summed E-state index contributed by atoms with van der Waals surface area (Å²) in [6.07, 6.45) is 5.62. The normalized spacial score (nSPS) is 17.2. The lowest BCUT2D eigenvalue weighted by Gasteiger charge is -2.25.